The average Bonchev–Trinajstić information content (AvgIpc) is 3.72. The Bertz CT molecular complexity index is 1600. The van der Waals surface area contributed by atoms with Crippen molar-refractivity contribution in [3.05, 3.63) is 54.4 Å². The third-order valence-corrected chi connectivity index (χ3v) is 9.68. The van der Waals surface area contributed by atoms with E-state index in [1.165, 1.54) is 16.7 Å². The van der Waals surface area contributed by atoms with E-state index in [-0.39, 0.29) is 30.2 Å². The number of hydrogen-bond acceptors (Lipinski definition) is 9. The van der Waals surface area contributed by atoms with Crippen LogP contribution in [0.2, 0.25) is 0 Å². The van der Waals surface area contributed by atoms with E-state index in [2.05, 4.69) is 15.6 Å². The van der Waals surface area contributed by atoms with Crippen molar-refractivity contribution in [1.82, 2.24) is 20.5 Å². The lowest BCUT2D eigenvalue weighted by Crippen LogP contribution is -2.57. The first-order chi connectivity index (χ1) is 22.7. The molecule has 1 saturated heterocycles. The van der Waals surface area contributed by atoms with Gasteiger partial charge in [0.15, 0.2) is 12.2 Å². The van der Waals surface area contributed by atoms with E-state index in [9.17, 15) is 29.1 Å². The maximum atomic E-state index is 13.8. The quantitative estimate of drug-likeness (QED) is 0.153. The number of oxazole rings is 1. The fourth-order valence-corrected chi connectivity index (χ4v) is 6.19. The van der Waals surface area contributed by atoms with Gasteiger partial charge in [-0.1, -0.05) is 39.8 Å². The van der Waals surface area contributed by atoms with E-state index < -0.39 is 47.1 Å². The summed E-state index contributed by atoms with van der Waals surface area (Å²) in [6.45, 7) is 10.6. The standard InChI is InChI=1S/C35H44N4O8S/c1-20(2)28(30(41)32-36-24-10-7-8-12-26(24)47-32)38-31(42)25-11-9-17-39(25)33(43)29(21(3)4)37-27(40)18-46-22-13-15-23(16-14-22)48-19-35(5,6)34(44)45/h7-8,10,12-16,20-21,25,28-29H,9,11,17-19H2,1-6H3,(H,37,40)(H,38,42)(H,44,45)/t25-,28-,29-/m0/s1. The minimum atomic E-state index is -0.912. The molecule has 1 aliphatic heterocycles. The number of carbonyl (C=O) groups excluding carboxylic acids is 4. The maximum Gasteiger partial charge on any atom is 0.309 e. The molecule has 4 rings (SSSR count). The smallest absolute Gasteiger partial charge is 0.309 e. The molecule has 3 N–H and O–H groups in total. The summed E-state index contributed by atoms with van der Waals surface area (Å²) in [5.41, 5.74) is 0.145. The van der Waals surface area contributed by atoms with Crippen molar-refractivity contribution in [3.63, 3.8) is 0 Å². The number of aliphatic carboxylic acids is 1. The Kier molecular flexibility index (Phi) is 11.9. The highest BCUT2D eigenvalue weighted by Crippen LogP contribution is 2.29. The SMILES string of the molecule is CC(C)[C@H](NC(=O)[C@@H]1CCCN1C(=O)[C@@H](NC(=O)COc1ccc(SCC(C)(C)C(=O)O)cc1)C(C)C)C(=O)c1nc2ccccc2o1. The van der Waals surface area contributed by atoms with Gasteiger partial charge in [0, 0.05) is 17.2 Å². The van der Waals surface area contributed by atoms with Gasteiger partial charge in [-0.15, -0.1) is 11.8 Å². The van der Waals surface area contributed by atoms with Gasteiger partial charge in [-0.05, 0) is 74.9 Å². The normalized spacial score (nSPS) is 16.2. The van der Waals surface area contributed by atoms with Crippen LogP contribution < -0.4 is 15.4 Å². The highest BCUT2D eigenvalue weighted by Gasteiger charge is 2.40. The number of carboxylic acids is 1. The number of thioether (sulfide) groups is 1. The molecule has 48 heavy (non-hydrogen) atoms. The number of hydrogen-bond donors (Lipinski definition) is 3. The number of benzene rings is 2. The zero-order chi connectivity index (χ0) is 35.2. The molecule has 0 saturated carbocycles. The van der Waals surface area contributed by atoms with Crippen molar-refractivity contribution in [3.8, 4) is 5.75 Å². The summed E-state index contributed by atoms with van der Waals surface area (Å²) < 4.78 is 11.3. The molecule has 0 aliphatic carbocycles. The number of rotatable bonds is 15. The van der Waals surface area contributed by atoms with Gasteiger partial charge < -0.3 is 29.8 Å². The van der Waals surface area contributed by atoms with E-state index in [0.29, 0.717) is 42.0 Å². The number of para-hydroxylation sites is 2. The van der Waals surface area contributed by atoms with Crippen LogP contribution in [0.4, 0.5) is 0 Å². The number of amides is 3. The molecular weight excluding hydrogens is 636 g/mol. The first kappa shape index (κ1) is 36.4. The third-order valence-electron chi connectivity index (χ3n) is 8.21. The van der Waals surface area contributed by atoms with Crippen LogP contribution in [0, 0.1) is 17.3 Å². The van der Waals surface area contributed by atoms with E-state index in [4.69, 9.17) is 9.15 Å². The summed E-state index contributed by atoms with van der Waals surface area (Å²) in [4.78, 5) is 71.6. The third kappa shape index (κ3) is 8.94. The van der Waals surface area contributed by atoms with Gasteiger partial charge in [0.2, 0.25) is 17.6 Å². The number of Topliss-reactive ketones (excluding diaryl/α,β-unsaturated/α-hetero) is 1. The van der Waals surface area contributed by atoms with Crippen LogP contribution in [-0.4, -0.2) is 81.5 Å². The maximum absolute atomic E-state index is 13.8. The van der Waals surface area contributed by atoms with Crippen LogP contribution in [0.1, 0.15) is 65.1 Å². The zero-order valence-electron chi connectivity index (χ0n) is 28.1. The number of likely N-dealkylation sites (tertiary alicyclic amines) is 1. The number of ketones is 1. The van der Waals surface area contributed by atoms with Crippen molar-refractivity contribution < 1.29 is 38.2 Å². The second kappa shape index (κ2) is 15.7. The Morgan fingerprint density at radius 3 is 2.29 bits per heavy atom. The van der Waals surface area contributed by atoms with Gasteiger partial charge in [-0.3, -0.25) is 24.0 Å². The Hall–Kier alpha value is -4.39. The molecule has 1 aliphatic rings. The number of carboxylic acid groups (broad SMARTS) is 1. The predicted molar refractivity (Wildman–Crippen MR) is 181 cm³/mol. The van der Waals surface area contributed by atoms with Crippen LogP contribution in [0.25, 0.3) is 11.1 Å². The molecule has 0 spiro atoms. The fourth-order valence-electron chi connectivity index (χ4n) is 5.21. The Balaban J connectivity index is 1.34. The Morgan fingerprint density at radius 1 is 1.00 bits per heavy atom. The minimum absolute atomic E-state index is 0.0889. The summed E-state index contributed by atoms with van der Waals surface area (Å²) in [5.74, 6) is -2.44. The van der Waals surface area contributed by atoms with Gasteiger partial charge in [-0.2, -0.15) is 0 Å². The van der Waals surface area contributed by atoms with Crippen LogP contribution in [0.15, 0.2) is 57.8 Å². The highest BCUT2D eigenvalue weighted by atomic mass is 32.2. The number of nitrogens with zero attached hydrogens (tertiary/aromatic N) is 2. The topological polar surface area (TPSA) is 168 Å². The summed E-state index contributed by atoms with van der Waals surface area (Å²) in [6, 6.07) is 11.4. The molecule has 1 aromatic heterocycles. The summed E-state index contributed by atoms with van der Waals surface area (Å²) >= 11 is 1.41. The molecular formula is C35H44N4O8S. The van der Waals surface area contributed by atoms with Crippen LogP contribution in [0.3, 0.4) is 0 Å². The Morgan fingerprint density at radius 2 is 1.67 bits per heavy atom. The molecule has 3 amide bonds. The van der Waals surface area contributed by atoms with Crippen molar-refractivity contribution in [2.24, 2.45) is 17.3 Å². The lowest BCUT2D eigenvalue weighted by Gasteiger charge is -2.31. The lowest BCUT2D eigenvalue weighted by molar-refractivity contribution is -0.145. The summed E-state index contributed by atoms with van der Waals surface area (Å²) in [7, 11) is 0. The molecule has 13 heteroatoms. The number of carbonyl (C=O) groups is 5. The van der Waals surface area contributed by atoms with Crippen molar-refractivity contribution >= 4 is 52.3 Å². The molecule has 2 aromatic carbocycles. The van der Waals surface area contributed by atoms with Crippen LogP contribution >= 0.6 is 11.8 Å². The first-order valence-electron chi connectivity index (χ1n) is 16.1. The second-order valence-electron chi connectivity index (χ2n) is 13.3. The molecule has 3 aromatic rings. The first-order valence-corrected chi connectivity index (χ1v) is 17.1. The van der Waals surface area contributed by atoms with Crippen LogP contribution in [-0.2, 0) is 19.2 Å². The van der Waals surface area contributed by atoms with E-state index in [0.717, 1.165) is 4.90 Å². The Labute approximate surface area is 284 Å². The number of ether oxygens (including phenoxy) is 1. The number of aromatic nitrogens is 1. The largest absolute Gasteiger partial charge is 0.484 e. The van der Waals surface area contributed by atoms with Gasteiger partial charge in [0.1, 0.15) is 23.3 Å². The van der Waals surface area contributed by atoms with E-state index >= 15 is 0 Å². The average molecular weight is 681 g/mol. The van der Waals surface area contributed by atoms with E-state index in [1.807, 2.05) is 27.7 Å². The monoisotopic (exact) mass is 680 g/mol. The van der Waals surface area contributed by atoms with Crippen molar-refractivity contribution in [2.45, 2.75) is 77.4 Å². The number of nitrogens with one attached hydrogen (secondary N) is 2. The highest BCUT2D eigenvalue weighted by molar-refractivity contribution is 7.99. The van der Waals surface area contributed by atoms with Gasteiger partial charge in [-0.25, -0.2) is 4.98 Å². The summed E-state index contributed by atoms with van der Waals surface area (Å²) in [6.07, 6.45) is 1.02. The molecule has 2 heterocycles. The predicted octanol–water partition coefficient (Wildman–Crippen LogP) is 4.57. The molecule has 0 unspecified atom stereocenters. The van der Waals surface area contributed by atoms with Gasteiger partial charge >= 0.3 is 5.97 Å². The molecule has 12 nitrogen and oxygen atoms in total. The van der Waals surface area contributed by atoms with E-state index in [1.54, 1.807) is 62.4 Å². The van der Waals surface area contributed by atoms with Gasteiger partial charge in [0.25, 0.3) is 11.8 Å². The minimum Gasteiger partial charge on any atom is -0.484 e. The second-order valence-corrected chi connectivity index (χ2v) is 14.3. The van der Waals surface area contributed by atoms with Gasteiger partial charge in [0.05, 0.1) is 11.5 Å². The zero-order valence-corrected chi connectivity index (χ0v) is 29.0. The molecule has 1 fully saturated rings. The molecule has 3 atom stereocenters. The lowest BCUT2D eigenvalue weighted by atomic mass is 9.97. The molecule has 258 valence electrons. The number of fused-ring (bicyclic) bond motifs is 1. The summed E-state index contributed by atoms with van der Waals surface area (Å²) in [5, 5.41) is 14.9. The fraction of sp³-hybridized carbons (Fsp3) is 0.486. The van der Waals surface area contributed by atoms with Crippen molar-refractivity contribution in [2.75, 3.05) is 18.9 Å². The van der Waals surface area contributed by atoms with Crippen molar-refractivity contribution in [1.29, 1.82) is 0 Å². The molecule has 0 bridgehead atoms. The molecule has 0 radical (unpaired) electrons. The van der Waals surface area contributed by atoms with Crippen LogP contribution in [0.5, 0.6) is 5.75 Å².